The van der Waals surface area contributed by atoms with Gasteiger partial charge in [0.05, 0.1) is 31.3 Å². The molecule has 180 valence electrons. The molecule has 0 fully saturated rings. The van der Waals surface area contributed by atoms with Gasteiger partial charge < -0.3 is 14.2 Å². The topological polar surface area (TPSA) is 92.0 Å². The standard InChI is InChI=1S/C24H25Br2N3O5/c1-6-13(2)22-28-19-8-7-16(25)10-18(19)23(30)29(22)27-12-15-9-17(26)11-20(32-4)21(15)34-14(3)24(31)33-5/h7-14H,6H2,1-5H3/t13-,14+/m1/s1. The third kappa shape index (κ3) is 5.50. The number of nitrogens with zero attached hydrogens (tertiary/aromatic N) is 3. The van der Waals surface area contributed by atoms with E-state index < -0.39 is 12.1 Å². The Hall–Kier alpha value is -2.72. The van der Waals surface area contributed by atoms with E-state index in [0.29, 0.717) is 38.3 Å². The molecule has 0 saturated carbocycles. The van der Waals surface area contributed by atoms with Gasteiger partial charge in [0, 0.05) is 20.4 Å². The minimum absolute atomic E-state index is 0.00925. The van der Waals surface area contributed by atoms with Gasteiger partial charge in [-0.2, -0.15) is 9.78 Å². The van der Waals surface area contributed by atoms with Gasteiger partial charge in [0.25, 0.3) is 5.56 Å². The molecule has 34 heavy (non-hydrogen) atoms. The monoisotopic (exact) mass is 593 g/mol. The van der Waals surface area contributed by atoms with E-state index in [4.69, 9.17) is 19.2 Å². The fourth-order valence-electron chi connectivity index (χ4n) is 3.25. The summed E-state index contributed by atoms with van der Waals surface area (Å²) in [6.45, 7) is 5.59. The summed E-state index contributed by atoms with van der Waals surface area (Å²) >= 11 is 6.87. The Morgan fingerprint density at radius 1 is 1.18 bits per heavy atom. The van der Waals surface area contributed by atoms with Crippen LogP contribution in [0.1, 0.15) is 44.5 Å². The summed E-state index contributed by atoms with van der Waals surface area (Å²) in [5, 5.41) is 4.95. The molecule has 0 N–H and O–H groups in total. The van der Waals surface area contributed by atoms with Gasteiger partial charge in [-0.15, -0.1) is 0 Å². The zero-order chi connectivity index (χ0) is 25.0. The van der Waals surface area contributed by atoms with Crippen LogP contribution in [-0.4, -0.2) is 42.2 Å². The van der Waals surface area contributed by atoms with E-state index in [1.165, 1.54) is 25.1 Å². The van der Waals surface area contributed by atoms with Gasteiger partial charge in [0.15, 0.2) is 17.6 Å². The highest BCUT2D eigenvalue weighted by Gasteiger charge is 2.21. The molecule has 0 aliphatic carbocycles. The first kappa shape index (κ1) is 25.9. The molecule has 2 aromatic carbocycles. The first-order chi connectivity index (χ1) is 16.2. The minimum atomic E-state index is -0.884. The van der Waals surface area contributed by atoms with Crippen LogP contribution in [0.2, 0.25) is 0 Å². The number of hydrogen-bond acceptors (Lipinski definition) is 7. The van der Waals surface area contributed by atoms with E-state index in [0.717, 1.165) is 10.9 Å². The first-order valence-electron chi connectivity index (χ1n) is 10.6. The van der Waals surface area contributed by atoms with Crippen molar-refractivity contribution in [3.8, 4) is 11.5 Å². The molecule has 3 rings (SSSR count). The zero-order valence-electron chi connectivity index (χ0n) is 19.5. The number of rotatable bonds is 8. The maximum atomic E-state index is 13.4. The predicted molar refractivity (Wildman–Crippen MR) is 138 cm³/mol. The van der Waals surface area contributed by atoms with Crippen LogP contribution in [0.15, 0.2) is 49.2 Å². The van der Waals surface area contributed by atoms with Gasteiger partial charge in [-0.25, -0.2) is 9.78 Å². The highest BCUT2D eigenvalue weighted by atomic mass is 79.9. The van der Waals surface area contributed by atoms with Crippen LogP contribution in [0.4, 0.5) is 0 Å². The van der Waals surface area contributed by atoms with Gasteiger partial charge in [0.1, 0.15) is 5.82 Å². The second-order valence-electron chi connectivity index (χ2n) is 7.61. The first-order valence-corrected chi connectivity index (χ1v) is 12.2. The van der Waals surface area contributed by atoms with Gasteiger partial charge in [-0.3, -0.25) is 4.79 Å². The highest BCUT2D eigenvalue weighted by molar-refractivity contribution is 9.10. The maximum absolute atomic E-state index is 13.4. The van der Waals surface area contributed by atoms with Gasteiger partial charge >= 0.3 is 5.97 Å². The van der Waals surface area contributed by atoms with Crippen molar-refractivity contribution >= 4 is 54.9 Å². The quantitative estimate of drug-likeness (QED) is 0.261. The second kappa shape index (κ2) is 11.1. The van der Waals surface area contributed by atoms with Crippen molar-refractivity contribution in [2.45, 2.75) is 39.2 Å². The lowest BCUT2D eigenvalue weighted by Gasteiger charge is -2.18. The van der Waals surface area contributed by atoms with E-state index in [-0.39, 0.29) is 11.5 Å². The van der Waals surface area contributed by atoms with Crippen molar-refractivity contribution in [1.82, 2.24) is 9.66 Å². The number of methoxy groups -OCH3 is 2. The van der Waals surface area contributed by atoms with Crippen LogP contribution in [0.3, 0.4) is 0 Å². The lowest BCUT2D eigenvalue weighted by atomic mass is 10.1. The molecule has 3 aromatic rings. The van der Waals surface area contributed by atoms with E-state index in [2.05, 4.69) is 37.0 Å². The fraction of sp³-hybridized carbons (Fsp3) is 0.333. The summed E-state index contributed by atoms with van der Waals surface area (Å²) in [5.74, 6) is 0.687. The lowest BCUT2D eigenvalue weighted by Crippen LogP contribution is -2.26. The molecule has 1 heterocycles. The number of benzene rings is 2. The van der Waals surface area contributed by atoms with Crippen molar-refractivity contribution < 1.29 is 19.0 Å². The van der Waals surface area contributed by atoms with Crippen LogP contribution in [0.5, 0.6) is 11.5 Å². The number of ether oxygens (including phenoxy) is 3. The molecule has 0 radical (unpaired) electrons. The molecule has 0 amide bonds. The molecule has 0 unspecified atom stereocenters. The number of esters is 1. The summed E-state index contributed by atoms with van der Waals surface area (Å²) in [6, 6.07) is 8.85. The minimum Gasteiger partial charge on any atom is -0.493 e. The Bertz CT molecular complexity index is 1310. The van der Waals surface area contributed by atoms with Crippen molar-refractivity contribution in [3.05, 3.63) is 61.0 Å². The van der Waals surface area contributed by atoms with Crippen molar-refractivity contribution in [3.63, 3.8) is 0 Å². The molecule has 0 bridgehead atoms. The fourth-order valence-corrected chi connectivity index (χ4v) is 4.07. The summed E-state index contributed by atoms with van der Waals surface area (Å²) < 4.78 is 18.9. The number of carbonyl (C=O) groups excluding carboxylic acids is 1. The third-order valence-corrected chi connectivity index (χ3v) is 6.25. The average Bonchev–Trinajstić information content (AvgIpc) is 2.83. The van der Waals surface area contributed by atoms with Crippen molar-refractivity contribution in [2.24, 2.45) is 5.10 Å². The number of hydrogen-bond donors (Lipinski definition) is 0. The van der Waals surface area contributed by atoms with E-state index in [1.54, 1.807) is 31.2 Å². The average molecular weight is 595 g/mol. The van der Waals surface area contributed by atoms with Crippen LogP contribution in [-0.2, 0) is 9.53 Å². The van der Waals surface area contributed by atoms with Crippen LogP contribution < -0.4 is 15.0 Å². The molecular weight excluding hydrogens is 570 g/mol. The van der Waals surface area contributed by atoms with Gasteiger partial charge in [-0.1, -0.05) is 45.7 Å². The maximum Gasteiger partial charge on any atom is 0.346 e. The number of halogens is 2. The normalized spacial score (nSPS) is 13.1. The van der Waals surface area contributed by atoms with E-state index in [1.807, 2.05) is 19.9 Å². The SMILES string of the molecule is CC[C@@H](C)c1nc2ccc(Br)cc2c(=O)n1N=Cc1cc(Br)cc(OC)c1O[C@@H](C)C(=O)OC. The molecule has 0 aliphatic heterocycles. The van der Waals surface area contributed by atoms with Crippen LogP contribution >= 0.6 is 31.9 Å². The summed E-state index contributed by atoms with van der Waals surface area (Å²) in [7, 11) is 2.78. The largest absolute Gasteiger partial charge is 0.493 e. The van der Waals surface area contributed by atoms with Crippen LogP contribution in [0.25, 0.3) is 10.9 Å². The molecule has 2 atom stereocenters. The Kier molecular flexibility index (Phi) is 8.48. The Labute approximate surface area is 214 Å². The van der Waals surface area contributed by atoms with Crippen molar-refractivity contribution in [1.29, 1.82) is 0 Å². The molecular formula is C24H25Br2N3O5. The predicted octanol–water partition coefficient (Wildman–Crippen LogP) is 5.27. The number of aromatic nitrogens is 2. The van der Waals surface area contributed by atoms with Gasteiger partial charge in [0.2, 0.25) is 0 Å². The van der Waals surface area contributed by atoms with Crippen LogP contribution in [0, 0.1) is 0 Å². The second-order valence-corrected chi connectivity index (χ2v) is 9.44. The third-order valence-electron chi connectivity index (χ3n) is 5.29. The molecule has 1 aromatic heterocycles. The highest BCUT2D eigenvalue weighted by Crippen LogP contribution is 2.35. The number of fused-ring (bicyclic) bond motifs is 1. The summed E-state index contributed by atoms with van der Waals surface area (Å²) in [6.07, 6.45) is 1.38. The summed E-state index contributed by atoms with van der Waals surface area (Å²) in [5.41, 5.74) is 0.818. The lowest BCUT2D eigenvalue weighted by molar-refractivity contribution is -0.147. The smallest absolute Gasteiger partial charge is 0.346 e. The van der Waals surface area contributed by atoms with E-state index >= 15 is 0 Å². The zero-order valence-corrected chi connectivity index (χ0v) is 22.6. The molecule has 0 saturated heterocycles. The Morgan fingerprint density at radius 3 is 2.56 bits per heavy atom. The summed E-state index contributed by atoms with van der Waals surface area (Å²) in [4.78, 5) is 30.0. The molecule has 0 spiro atoms. The molecule has 0 aliphatic rings. The van der Waals surface area contributed by atoms with Gasteiger partial charge in [-0.05, 0) is 43.7 Å². The Balaban J connectivity index is 2.19. The molecule has 8 nitrogen and oxygen atoms in total. The number of carbonyl (C=O) groups is 1. The Morgan fingerprint density at radius 2 is 1.91 bits per heavy atom. The molecule has 10 heteroatoms. The van der Waals surface area contributed by atoms with E-state index in [9.17, 15) is 9.59 Å². The van der Waals surface area contributed by atoms with Crippen molar-refractivity contribution in [2.75, 3.05) is 14.2 Å².